The number of para-hydroxylation sites is 2. The average molecular weight is 445 g/mol. The number of carbonyl (C=O) groups is 2. The largest absolute Gasteiger partial charge is 0.483 e. The van der Waals surface area contributed by atoms with Gasteiger partial charge in [-0.25, -0.2) is 9.37 Å². The van der Waals surface area contributed by atoms with E-state index in [-0.39, 0.29) is 23.6 Å². The zero-order valence-corrected chi connectivity index (χ0v) is 17.6. The molecule has 0 saturated carbocycles. The summed E-state index contributed by atoms with van der Waals surface area (Å²) in [5, 5.41) is 12.1. The van der Waals surface area contributed by atoms with Gasteiger partial charge in [0.05, 0.1) is 11.3 Å². The first kappa shape index (κ1) is 21.7. The van der Waals surface area contributed by atoms with Gasteiger partial charge in [-0.15, -0.1) is 0 Å². The Morgan fingerprint density at radius 2 is 1.70 bits per heavy atom. The van der Waals surface area contributed by atoms with Crippen LogP contribution in [-0.2, 0) is 4.79 Å². The quantitative estimate of drug-likeness (QED) is 0.395. The van der Waals surface area contributed by atoms with Crippen molar-refractivity contribution in [1.29, 1.82) is 0 Å². The number of nitrogens with zero attached hydrogens (tertiary/aromatic N) is 2. The maximum Gasteiger partial charge on any atom is 0.262 e. The molecule has 4 rings (SSSR count). The molecule has 4 aromatic rings. The molecule has 0 atom stereocenters. The van der Waals surface area contributed by atoms with E-state index >= 15 is 0 Å². The lowest BCUT2D eigenvalue weighted by Crippen LogP contribution is -2.22. The fourth-order valence-corrected chi connectivity index (χ4v) is 3.05. The van der Waals surface area contributed by atoms with Gasteiger partial charge in [0, 0.05) is 11.3 Å². The van der Waals surface area contributed by atoms with Gasteiger partial charge in [0.2, 0.25) is 0 Å². The van der Waals surface area contributed by atoms with E-state index in [2.05, 4.69) is 25.8 Å². The highest BCUT2D eigenvalue weighted by Gasteiger charge is 2.15. The first-order valence-electron chi connectivity index (χ1n) is 10.1. The van der Waals surface area contributed by atoms with Crippen molar-refractivity contribution in [3.8, 4) is 17.1 Å². The summed E-state index contributed by atoms with van der Waals surface area (Å²) in [5.41, 5.74) is 1.69. The van der Waals surface area contributed by atoms with E-state index in [0.717, 1.165) is 5.56 Å². The van der Waals surface area contributed by atoms with Crippen molar-refractivity contribution in [3.05, 3.63) is 90.0 Å². The molecular weight excluding hydrogens is 425 g/mol. The highest BCUT2D eigenvalue weighted by atomic mass is 19.1. The molecule has 33 heavy (non-hydrogen) atoms. The number of rotatable bonds is 7. The van der Waals surface area contributed by atoms with Gasteiger partial charge in [-0.2, -0.15) is 5.10 Å². The Hall–Kier alpha value is -4.53. The van der Waals surface area contributed by atoms with Crippen molar-refractivity contribution in [2.75, 3.05) is 17.2 Å². The lowest BCUT2D eigenvalue weighted by molar-refractivity contribution is -0.118. The van der Waals surface area contributed by atoms with E-state index in [1.165, 1.54) is 18.2 Å². The van der Waals surface area contributed by atoms with Crippen LogP contribution in [0.4, 0.5) is 15.8 Å². The number of benzene rings is 3. The Labute approximate surface area is 188 Å². The van der Waals surface area contributed by atoms with Gasteiger partial charge >= 0.3 is 0 Å². The molecule has 0 aliphatic rings. The van der Waals surface area contributed by atoms with Crippen molar-refractivity contribution in [1.82, 2.24) is 15.2 Å². The van der Waals surface area contributed by atoms with Crippen LogP contribution < -0.4 is 15.4 Å². The van der Waals surface area contributed by atoms with Crippen molar-refractivity contribution in [2.24, 2.45) is 0 Å². The summed E-state index contributed by atoms with van der Waals surface area (Å²) in [5.74, 6) is 0.00965. The second-order valence-corrected chi connectivity index (χ2v) is 7.09. The summed E-state index contributed by atoms with van der Waals surface area (Å²) < 4.78 is 19.2. The van der Waals surface area contributed by atoms with Crippen molar-refractivity contribution in [2.45, 2.75) is 6.92 Å². The normalized spacial score (nSPS) is 10.5. The number of anilines is 2. The number of amides is 2. The first-order chi connectivity index (χ1) is 16.0. The zero-order valence-electron chi connectivity index (χ0n) is 17.6. The molecule has 9 heteroatoms. The van der Waals surface area contributed by atoms with Crippen LogP contribution in [0.3, 0.4) is 0 Å². The van der Waals surface area contributed by atoms with Gasteiger partial charge in [-0.3, -0.25) is 14.7 Å². The predicted molar refractivity (Wildman–Crippen MR) is 121 cm³/mol. The second kappa shape index (κ2) is 9.73. The lowest BCUT2D eigenvalue weighted by atomic mass is 10.1. The molecule has 1 aromatic heterocycles. The molecule has 0 spiro atoms. The Bertz CT molecular complexity index is 1290. The predicted octanol–water partition coefficient (Wildman–Crippen LogP) is 4.19. The van der Waals surface area contributed by atoms with E-state index in [1.54, 1.807) is 54.6 Å². The number of hydrogen-bond donors (Lipinski definition) is 3. The molecule has 0 radical (unpaired) electrons. The van der Waals surface area contributed by atoms with Gasteiger partial charge in [-0.1, -0.05) is 24.3 Å². The number of nitrogens with one attached hydrogen (secondary N) is 3. The Morgan fingerprint density at radius 3 is 2.42 bits per heavy atom. The van der Waals surface area contributed by atoms with Crippen LogP contribution >= 0.6 is 0 Å². The third-order valence-corrected chi connectivity index (χ3v) is 4.64. The van der Waals surface area contributed by atoms with Crippen molar-refractivity contribution >= 4 is 23.2 Å². The number of H-pyrrole nitrogens is 1. The van der Waals surface area contributed by atoms with Crippen LogP contribution in [0.5, 0.6) is 5.75 Å². The highest BCUT2D eigenvalue weighted by molar-refractivity contribution is 6.06. The van der Waals surface area contributed by atoms with Gasteiger partial charge < -0.3 is 15.4 Å². The average Bonchev–Trinajstić information content (AvgIpc) is 3.26. The van der Waals surface area contributed by atoms with E-state index in [4.69, 9.17) is 4.74 Å². The molecule has 166 valence electrons. The minimum atomic E-state index is -0.548. The Morgan fingerprint density at radius 1 is 0.970 bits per heavy atom. The third kappa shape index (κ3) is 5.40. The number of hydrogen-bond acceptors (Lipinski definition) is 5. The Balaban J connectivity index is 1.39. The molecule has 8 nitrogen and oxygen atoms in total. The maximum absolute atomic E-state index is 13.7. The van der Waals surface area contributed by atoms with Crippen molar-refractivity contribution in [3.63, 3.8) is 0 Å². The van der Waals surface area contributed by atoms with Gasteiger partial charge in [0.1, 0.15) is 17.4 Å². The topological polar surface area (TPSA) is 109 Å². The first-order valence-corrected chi connectivity index (χ1v) is 10.1. The maximum atomic E-state index is 13.7. The molecule has 3 N–H and O–H groups in total. The molecule has 1 heterocycles. The van der Waals surface area contributed by atoms with E-state index in [9.17, 15) is 14.0 Å². The van der Waals surface area contributed by atoms with Crippen LogP contribution in [0.15, 0.2) is 72.8 Å². The summed E-state index contributed by atoms with van der Waals surface area (Å²) in [4.78, 5) is 29.2. The monoisotopic (exact) mass is 445 g/mol. The summed E-state index contributed by atoms with van der Waals surface area (Å²) in [7, 11) is 0. The summed E-state index contributed by atoms with van der Waals surface area (Å²) >= 11 is 0. The fraction of sp³-hybridized carbons (Fsp3) is 0.0833. The Kier molecular flexibility index (Phi) is 6.40. The third-order valence-electron chi connectivity index (χ3n) is 4.64. The van der Waals surface area contributed by atoms with Crippen LogP contribution in [-0.4, -0.2) is 33.6 Å². The van der Waals surface area contributed by atoms with E-state index in [0.29, 0.717) is 17.3 Å². The molecule has 3 aromatic carbocycles. The molecule has 0 bridgehead atoms. The highest BCUT2D eigenvalue weighted by Crippen LogP contribution is 2.22. The minimum Gasteiger partial charge on any atom is -0.483 e. The number of halogens is 1. The number of carbonyl (C=O) groups excluding carboxylic acids is 2. The molecule has 2 amide bonds. The molecule has 0 fully saturated rings. The summed E-state index contributed by atoms with van der Waals surface area (Å²) in [6.45, 7) is 1.43. The van der Waals surface area contributed by atoms with Gasteiger partial charge in [0.25, 0.3) is 11.8 Å². The van der Waals surface area contributed by atoms with Gasteiger partial charge in [-0.05, 0) is 55.5 Å². The number of aromatic nitrogens is 3. The number of ether oxygens (including phenoxy) is 1. The zero-order chi connectivity index (χ0) is 23.2. The van der Waals surface area contributed by atoms with Crippen LogP contribution in [0.1, 0.15) is 16.2 Å². The van der Waals surface area contributed by atoms with E-state index < -0.39 is 17.6 Å². The fourth-order valence-electron chi connectivity index (χ4n) is 3.05. The van der Waals surface area contributed by atoms with Crippen LogP contribution in [0, 0.1) is 12.7 Å². The molecule has 0 saturated heterocycles. The van der Waals surface area contributed by atoms with Crippen molar-refractivity contribution < 1.29 is 18.7 Å². The standard InChI is InChI=1S/C24H20FN5O3/c1-15-26-23(30-29-15)16-10-12-17(13-11-16)27-24(32)18-6-2-5-9-21(18)33-14-22(31)28-20-8-4-3-7-19(20)25/h2-13H,14H2,1H3,(H,27,32)(H,28,31)(H,26,29,30). The number of aromatic amines is 1. The summed E-state index contributed by atoms with van der Waals surface area (Å²) in [6.07, 6.45) is 0. The van der Waals surface area contributed by atoms with Crippen LogP contribution in [0.25, 0.3) is 11.4 Å². The molecular formula is C24H20FN5O3. The smallest absolute Gasteiger partial charge is 0.262 e. The molecule has 0 unspecified atom stereocenters. The van der Waals surface area contributed by atoms with Crippen LogP contribution in [0.2, 0.25) is 0 Å². The minimum absolute atomic E-state index is 0.0563. The van der Waals surface area contributed by atoms with E-state index in [1.807, 2.05) is 6.92 Å². The second-order valence-electron chi connectivity index (χ2n) is 7.09. The summed E-state index contributed by atoms with van der Waals surface area (Å²) in [6, 6.07) is 19.5. The number of aryl methyl sites for hydroxylation is 1. The molecule has 0 aliphatic carbocycles. The SMILES string of the molecule is Cc1nc(-c2ccc(NC(=O)c3ccccc3OCC(=O)Nc3ccccc3F)cc2)n[nH]1. The van der Waals surface area contributed by atoms with Gasteiger partial charge in [0.15, 0.2) is 12.4 Å². The molecule has 0 aliphatic heterocycles. The lowest BCUT2D eigenvalue weighted by Gasteiger charge is -2.12.